The van der Waals surface area contributed by atoms with Crippen molar-refractivity contribution < 1.29 is 0 Å². The number of benzene rings is 1. The number of nitrogens with zero attached hydrogens (tertiary/aromatic N) is 2. The van der Waals surface area contributed by atoms with E-state index in [0.717, 1.165) is 12.4 Å². The van der Waals surface area contributed by atoms with Crippen molar-refractivity contribution in [2.45, 2.75) is 25.6 Å². The minimum Gasteiger partial charge on any atom is -0.292 e. The standard InChI is InChI=1S/C12H18N2S/c1-3-12-14(13(4-2)10-15-12)11-8-6-5-7-9-11/h5-9,12H,3-4,10H2,1-2H3. The van der Waals surface area contributed by atoms with Crippen molar-refractivity contribution in [3.63, 3.8) is 0 Å². The molecule has 1 aromatic carbocycles. The van der Waals surface area contributed by atoms with E-state index in [4.69, 9.17) is 0 Å². The monoisotopic (exact) mass is 222 g/mol. The Morgan fingerprint density at radius 3 is 2.60 bits per heavy atom. The first-order valence-electron chi connectivity index (χ1n) is 5.57. The van der Waals surface area contributed by atoms with Crippen LogP contribution < -0.4 is 5.01 Å². The third-order valence-corrected chi connectivity index (χ3v) is 4.09. The lowest BCUT2D eigenvalue weighted by atomic mass is 10.3. The minimum atomic E-state index is 0.604. The number of hydrogen-bond acceptors (Lipinski definition) is 3. The Balaban J connectivity index is 2.23. The Morgan fingerprint density at radius 1 is 1.27 bits per heavy atom. The van der Waals surface area contributed by atoms with E-state index >= 15 is 0 Å². The van der Waals surface area contributed by atoms with Crippen molar-refractivity contribution in [1.29, 1.82) is 0 Å². The van der Waals surface area contributed by atoms with E-state index < -0.39 is 0 Å². The minimum absolute atomic E-state index is 0.604. The van der Waals surface area contributed by atoms with Crippen LogP contribution in [0.2, 0.25) is 0 Å². The predicted octanol–water partition coefficient (Wildman–Crippen LogP) is 3.17. The van der Waals surface area contributed by atoms with Gasteiger partial charge in [0, 0.05) is 6.54 Å². The molecule has 1 atom stereocenters. The van der Waals surface area contributed by atoms with Crippen LogP contribution in [0.15, 0.2) is 30.3 Å². The quantitative estimate of drug-likeness (QED) is 0.775. The maximum absolute atomic E-state index is 2.44. The van der Waals surface area contributed by atoms with Gasteiger partial charge in [-0.1, -0.05) is 32.0 Å². The highest BCUT2D eigenvalue weighted by atomic mass is 32.2. The molecule has 0 aromatic heterocycles. The number of thioether (sulfide) groups is 1. The van der Waals surface area contributed by atoms with E-state index in [1.54, 1.807) is 0 Å². The largest absolute Gasteiger partial charge is 0.292 e. The molecule has 1 saturated heterocycles. The molecule has 1 fully saturated rings. The molecule has 2 rings (SSSR count). The van der Waals surface area contributed by atoms with Crippen molar-refractivity contribution in [2.75, 3.05) is 17.4 Å². The molecule has 0 amide bonds. The lowest BCUT2D eigenvalue weighted by Gasteiger charge is -2.32. The van der Waals surface area contributed by atoms with Crippen molar-refractivity contribution in [3.8, 4) is 0 Å². The third kappa shape index (κ3) is 2.13. The molecule has 0 aliphatic carbocycles. The van der Waals surface area contributed by atoms with E-state index in [2.05, 4.69) is 54.2 Å². The van der Waals surface area contributed by atoms with Gasteiger partial charge in [0.15, 0.2) is 0 Å². The highest BCUT2D eigenvalue weighted by Gasteiger charge is 2.29. The Labute approximate surface area is 96.2 Å². The van der Waals surface area contributed by atoms with Gasteiger partial charge in [0.25, 0.3) is 0 Å². The zero-order chi connectivity index (χ0) is 10.7. The molecule has 0 N–H and O–H groups in total. The number of hydrogen-bond donors (Lipinski definition) is 0. The summed E-state index contributed by atoms with van der Waals surface area (Å²) >= 11 is 2.03. The molecule has 1 unspecified atom stereocenters. The van der Waals surface area contributed by atoms with E-state index in [1.807, 2.05) is 11.8 Å². The van der Waals surface area contributed by atoms with Gasteiger partial charge in [-0.05, 0) is 18.6 Å². The molecule has 1 aliphatic heterocycles. The molecule has 1 aliphatic rings. The first-order chi connectivity index (χ1) is 7.36. The Bertz CT molecular complexity index is 290. The van der Waals surface area contributed by atoms with Gasteiger partial charge < -0.3 is 0 Å². The van der Waals surface area contributed by atoms with Crippen LogP contribution in [0.25, 0.3) is 0 Å². The molecule has 0 bridgehead atoms. The zero-order valence-corrected chi connectivity index (χ0v) is 10.2. The fraction of sp³-hybridized carbons (Fsp3) is 0.500. The van der Waals surface area contributed by atoms with Gasteiger partial charge in [0.2, 0.25) is 0 Å². The van der Waals surface area contributed by atoms with Crippen LogP contribution in [-0.2, 0) is 0 Å². The van der Waals surface area contributed by atoms with Crippen LogP contribution in [0.4, 0.5) is 5.69 Å². The third-order valence-electron chi connectivity index (χ3n) is 2.73. The second-order valence-electron chi connectivity index (χ2n) is 3.66. The molecule has 0 spiro atoms. The summed E-state index contributed by atoms with van der Waals surface area (Å²) in [6.07, 6.45) is 1.19. The van der Waals surface area contributed by atoms with E-state index in [9.17, 15) is 0 Å². The number of rotatable bonds is 3. The number of para-hydroxylation sites is 1. The van der Waals surface area contributed by atoms with Gasteiger partial charge in [0.05, 0.1) is 16.9 Å². The first-order valence-corrected chi connectivity index (χ1v) is 6.62. The normalized spacial score (nSPS) is 22.3. The van der Waals surface area contributed by atoms with Crippen LogP contribution >= 0.6 is 11.8 Å². The van der Waals surface area contributed by atoms with Gasteiger partial charge in [-0.2, -0.15) is 0 Å². The number of hydrazine groups is 1. The molecule has 1 aromatic rings. The summed E-state index contributed by atoms with van der Waals surface area (Å²) in [6.45, 7) is 5.56. The first kappa shape index (κ1) is 10.8. The molecule has 3 heteroatoms. The van der Waals surface area contributed by atoms with Gasteiger partial charge >= 0.3 is 0 Å². The summed E-state index contributed by atoms with van der Waals surface area (Å²) in [6, 6.07) is 10.7. The van der Waals surface area contributed by atoms with Crippen LogP contribution in [-0.4, -0.2) is 22.8 Å². The lowest BCUT2D eigenvalue weighted by Crippen LogP contribution is -2.40. The molecule has 15 heavy (non-hydrogen) atoms. The predicted molar refractivity (Wildman–Crippen MR) is 67.8 cm³/mol. The van der Waals surface area contributed by atoms with Gasteiger partial charge in [-0.3, -0.25) is 5.01 Å². The summed E-state index contributed by atoms with van der Waals surface area (Å²) < 4.78 is 0. The topological polar surface area (TPSA) is 6.48 Å². The van der Waals surface area contributed by atoms with Crippen molar-refractivity contribution in [2.24, 2.45) is 0 Å². The average molecular weight is 222 g/mol. The van der Waals surface area contributed by atoms with E-state index in [-0.39, 0.29) is 0 Å². The van der Waals surface area contributed by atoms with Gasteiger partial charge in [-0.25, -0.2) is 5.01 Å². The van der Waals surface area contributed by atoms with Crippen molar-refractivity contribution >= 4 is 17.4 Å². The average Bonchev–Trinajstić information content (AvgIpc) is 2.72. The Kier molecular flexibility index (Phi) is 3.54. The van der Waals surface area contributed by atoms with Crippen LogP contribution in [0, 0.1) is 0 Å². The second kappa shape index (κ2) is 4.90. The smallest absolute Gasteiger partial charge is 0.0920 e. The number of anilines is 1. The molecular weight excluding hydrogens is 204 g/mol. The molecule has 1 heterocycles. The van der Waals surface area contributed by atoms with Crippen LogP contribution in [0.3, 0.4) is 0 Å². The van der Waals surface area contributed by atoms with Crippen molar-refractivity contribution in [3.05, 3.63) is 30.3 Å². The van der Waals surface area contributed by atoms with Crippen LogP contribution in [0.5, 0.6) is 0 Å². The maximum Gasteiger partial charge on any atom is 0.0920 e. The Morgan fingerprint density at radius 2 is 2.00 bits per heavy atom. The summed E-state index contributed by atoms with van der Waals surface area (Å²) in [5.41, 5.74) is 1.32. The molecular formula is C12H18N2S. The van der Waals surface area contributed by atoms with Crippen LogP contribution in [0.1, 0.15) is 20.3 Å². The highest BCUT2D eigenvalue weighted by Crippen LogP contribution is 2.34. The summed E-state index contributed by atoms with van der Waals surface area (Å²) in [7, 11) is 0. The van der Waals surface area contributed by atoms with E-state index in [1.165, 1.54) is 12.1 Å². The Hall–Kier alpha value is -0.670. The molecule has 0 saturated carbocycles. The van der Waals surface area contributed by atoms with E-state index in [0.29, 0.717) is 5.37 Å². The van der Waals surface area contributed by atoms with Gasteiger partial charge in [-0.15, -0.1) is 11.8 Å². The van der Waals surface area contributed by atoms with Gasteiger partial charge in [0.1, 0.15) is 0 Å². The zero-order valence-electron chi connectivity index (χ0n) is 9.39. The summed E-state index contributed by atoms with van der Waals surface area (Å²) in [4.78, 5) is 0. The lowest BCUT2D eigenvalue weighted by molar-refractivity contribution is 0.318. The molecule has 2 nitrogen and oxygen atoms in total. The SMILES string of the molecule is CCC1SCN(CC)N1c1ccccc1. The second-order valence-corrected chi connectivity index (χ2v) is 4.80. The highest BCUT2D eigenvalue weighted by molar-refractivity contribution is 8.00. The summed E-state index contributed by atoms with van der Waals surface area (Å²) in [5, 5.41) is 5.45. The molecule has 0 radical (unpaired) electrons. The fourth-order valence-electron chi connectivity index (χ4n) is 1.93. The fourth-order valence-corrected chi connectivity index (χ4v) is 3.21. The molecule has 82 valence electrons. The summed E-state index contributed by atoms with van der Waals surface area (Å²) in [5.74, 6) is 1.11. The maximum atomic E-state index is 2.44. The van der Waals surface area contributed by atoms with Crippen molar-refractivity contribution in [1.82, 2.24) is 5.01 Å².